The van der Waals surface area contributed by atoms with Gasteiger partial charge in [0.1, 0.15) is 17.7 Å². The molecule has 4 aromatic rings. The number of benzene rings is 4. The quantitative estimate of drug-likeness (QED) is 0.223. The van der Waals surface area contributed by atoms with Crippen LogP contribution in [0.1, 0.15) is 35.6 Å². The standard InChI is InChI=1S/C32H31N2O3/c1-3-37-29(35)23-33-31(26-19-21-28(36-2)22-20-26)30(24-13-7-4-8-14-24)32(25-15-9-5-10-16-25)34(33)27-17-11-6-12-18-27/h4-22,30,32H,3,23H2,1-2H3/q+1. The van der Waals surface area contributed by atoms with Gasteiger partial charge in [0.05, 0.1) is 19.4 Å². The van der Waals surface area contributed by atoms with Crippen molar-refractivity contribution in [3.8, 4) is 5.75 Å². The van der Waals surface area contributed by atoms with Gasteiger partial charge in [-0.05, 0) is 54.4 Å². The molecule has 2 atom stereocenters. The van der Waals surface area contributed by atoms with E-state index in [1.165, 1.54) is 5.56 Å². The maximum atomic E-state index is 13.0. The highest BCUT2D eigenvalue weighted by atomic mass is 16.5. The number of carbonyl (C=O) groups is 1. The minimum absolute atomic E-state index is 0.0494. The first-order valence-electron chi connectivity index (χ1n) is 12.6. The molecule has 0 aliphatic carbocycles. The Kier molecular flexibility index (Phi) is 7.31. The highest BCUT2D eigenvalue weighted by molar-refractivity contribution is 6.04. The highest BCUT2D eigenvalue weighted by Crippen LogP contribution is 2.45. The largest absolute Gasteiger partial charge is 0.497 e. The van der Waals surface area contributed by atoms with Gasteiger partial charge in [0.2, 0.25) is 5.71 Å². The van der Waals surface area contributed by atoms with Gasteiger partial charge in [0, 0.05) is 5.56 Å². The Morgan fingerprint density at radius 2 is 1.35 bits per heavy atom. The Labute approximate surface area is 218 Å². The van der Waals surface area contributed by atoms with Gasteiger partial charge in [-0.1, -0.05) is 83.5 Å². The SMILES string of the molecule is CCOC(=O)C[N+]1=C(c2ccc(OC)cc2)C(c2ccccc2)C(c2ccccc2)N1c1ccccc1. The lowest BCUT2D eigenvalue weighted by molar-refractivity contribution is -0.528. The van der Waals surface area contributed by atoms with Crippen LogP contribution in [-0.2, 0) is 9.53 Å². The lowest BCUT2D eigenvalue weighted by Gasteiger charge is -2.26. The third-order valence-electron chi connectivity index (χ3n) is 6.70. The molecule has 186 valence electrons. The van der Waals surface area contributed by atoms with Gasteiger partial charge in [0.15, 0.2) is 0 Å². The molecule has 0 N–H and O–H groups in total. The molecule has 0 fully saturated rings. The van der Waals surface area contributed by atoms with E-state index in [-0.39, 0.29) is 24.5 Å². The molecule has 0 radical (unpaired) electrons. The molecule has 0 amide bonds. The second-order valence-corrected chi connectivity index (χ2v) is 8.90. The van der Waals surface area contributed by atoms with E-state index in [4.69, 9.17) is 9.47 Å². The van der Waals surface area contributed by atoms with Crippen LogP contribution in [0, 0.1) is 0 Å². The van der Waals surface area contributed by atoms with Gasteiger partial charge in [-0.15, -0.1) is 5.01 Å². The summed E-state index contributed by atoms with van der Waals surface area (Å²) >= 11 is 0. The summed E-state index contributed by atoms with van der Waals surface area (Å²) in [5.41, 5.74) is 5.41. The summed E-state index contributed by atoms with van der Waals surface area (Å²) in [6.45, 7) is 2.27. The second kappa shape index (κ2) is 11.1. The molecular formula is C32H31N2O3+. The zero-order valence-corrected chi connectivity index (χ0v) is 21.2. The van der Waals surface area contributed by atoms with Crippen LogP contribution in [0.4, 0.5) is 5.69 Å². The normalized spacial score (nSPS) is 17.1. The van der Waals surface area contributed by atoms with E-state index in [0.717, 1.165) is 28.3 Å². The Morgan fingerprint density at radius 3 is 1.92 bits per heavy atom. The predicted molar refractivity (Wildman–Crippen MR) is 146 cm³/mol. The monoisotopic (exact) mass is 491 g/mol. The predicted octanol–water partition coefficient (Wildman–Crippen LogP) is 6.02. The van der Waals surface area contributed by atoms with Gasteiger partial charge in [0.25, 0.3) is 6.54 Å². The van der Waals surface area contributed by atoms with E-state index in [0.29, 0.717) is 6.61 Å². The molecule has 4 aromatic carbocycles. The number of hydrogen-bond acceptors (Lipinski definition) is 4. The van der Waals surface area contributed by atoms with Crippen molar-refractivity contribution in [2.75, 3.05) is 25.3 Å². The van der Waals surface area contributed by atoms with E-state index in [9.17, 15) is 4.79 Å². The third kappa shape index (κ3) is 4.98. The van der Waals surface area contributed by atoms with Crippen LogP contribution in [0.2, 0.25) is 0 Å². The number of anilines is 1. The molecule has 1 aliphatic rings. The molecule has 1 aliphatic heterocycles. The minimum atomic E-state index is -0.269. The summed E-state index contributed by atoms with van der Waals surface area (Å²) in [7, 11) is 1.67. The number of para-hydroxylation sites is 1. The Bertz CT molecular complexity index is 1350. The van der Waals surface area contributed by atoms with Crippen LogP contribution in [0.5, 0.6) is 5.75 Å². The number of ether oxygens (including phenoxy) is 2. The fourth-order valence-electron chi connectivity index (χ4n) is 5.16. The van der Waals surface area contributed by atoms with Crippen molar-refractivity contribution >= 4 is 17.4 Å². The third-order valence-corrected chi connectivity index (χ3v) is 6.70. The van der Waals surface area contributed by atoms with Gasteiger partial charge < -0.3 is 9.47 Å². The van der Waals surface area contributed by atoms with Crippen LogP contribution in [0.3, 0.4) is 0 Å². The van der Waals surface area contributed by atoms with Crippen molar-refractivity contribution in [3.05, 3.63) is 132 Å². The maximum Gasteiger partial charge on any atom is 0.375 e. The van der Waals surface area contributed by atoms with Crippen LogP contribution in [0.25, 0.3) is 0 Å². The Morgan fingerprint density at radius 1 is 0.784 bits per heavy atom. The lowest BCUT2D eigenvalue weighted by atomic mass is 9.82. The van der Waals surface area contributed by atoms with Crippen molar-refractivity contribution in [1.82, 2.24) is 0 Å². The van der Waals surface area contributed by atoms with Gasteiger partial charge in [-0.2, -0.15) is 0 Å². The first-order valence-corrected chi connectivity index (χ1v) is 12.6. The molecule has 2 unspecified atom stereocenters. The molecule has 5 heteroatoms. The molecule has 5 nitrogen and oxygen atoms in total. The first-order chi connectivity index (χ1) is 18.2. The summed E-state index contributed by atoms with van der Waals surface area (Å²) in [6, 6.07) is 39.3. The van der Waals surface area contributed by atoms with Gasteiger partial charge in [-0.25, -0.2) is 4.79 Å². The van der Waals surface area contributed by atoms with Gasteiger partial charge >= 0.3 is 5.97 Å². The minimum Gasteiger partial charge on any atom is -0.497 e. The Balaban J connectivity index is 1.80. The molecule has 0 spiro atoms. The van der Waals surface area contributed by atoms with E-state index < -0.39 is 0 Å². The molecule has 0 saturated heterocycles. The topological polar surface area (TPSA) is 41.8 Å². The smallest absolute Gasteiger partial charge is 0.375 e. The van der Waals surface area contributed by atoms with Crippen molar-refractivity contribution in [2.24, 2.45) is 0 Å². The molecule has 0 saturated carbocycles. The zero-order valence-electron chi connectivity index (χ0n) is 21.2. The van der Waals surface area contributed by atoms with Crippen LogP contribution in [0.15, 0.2) is 115 Å². The average Bonchev–Trinajstić information content (AvgIpc) is 3.29. The van der Waals surface area contributed by atoms with Gasteiger partial charge in [-0.3, -0.25) is 0 Å². The molecule has 5 rings (SSSR count). The van der Waals surface area contributed by atoms with Crippen molar-refractivity contribution < 1.29 is 19.0 Å². The number of methoxy groups -OCH3 is 1. The van der Waals surface area contributed by atoms with Crippen molar-refractivity contribution in [3.63, 3.8) is 0 Å². The number of hydrazine groups is 1. The number of hydrogen-bond donors (Lipinski definition) is 0. The van der Waals surface area contributed by atoms with Crippen LogP contribution < -0.4 is 9.75 Å². The lowest BCUT2D eigenvalue weighted by Crippen LogP contribution is -2.38. The maximum absolute atomic E-state index is 13.0. The van der Waals surface area contributed by atoms with E-state index in [2.05, 4.69) is 82.5 Å². The molecule has 0 aromatic heterocycles. The summed E-state index contributed by atoms with van der Waals surface area (Å²) in [5.74, 6) is 0.469. The van der Waals surface area contributed by atoms with Crippen LogP contribution in [-0.4, -0.2) is 36.6 Å². The van der Waals surface area contributed by atoms with E-state index >= 15 is 0 Å². The first kappa shape index (κ1) is 24.3. The van der Waals surface area contributed by atoms with Crippen LogP contribution >= 0.6 is 0 Å². The van der Waals surface area contributed by atoms with Crippen molar-refractivity contribution in [1.29, 1.82) is 0 Å². The summed E-state index contributed by atoms with van der Waals surface area (Å²) in [4.78, 5) is 13.0. The zero-order chi connectivity index (χ0) is 25.6. The average molecular weight is 492 g/mol. The van der Waals surface area contributed by atoms with E-state index in [1.54, 1.807) is 7.11 Å². The number of carbonyl (C=O) groups excluding carboxylic acids is 1. The molecule has 1 heterocycles. The molecular weight excluding hydrogens is 460 g/mol. The summed E-state index contributed by atoms with van der Waals surface area (Å²) in [5, 5.41) is 2.25. The van der Waals surface area contributed by atoms with E-state index in [1.807, 2.05) is 49.4 Å². The Hall–Kier alpha value is -4.38. The fourth-order valence-corrected chi connectivity index (χ4v) is 5.16. The molecule has 37 heavy (non-hydrogen) atoms. The second-order valence-electron chi connectivity index (χ2n) is 8.90. The highest BCUT2D eigenvalue weighted by Gasteiger charge is 2.51. The summed E-state index contributed by atoms with van der Waals surface area (Å²) < 4.78 is 13.0. The fraction of sp³-hybridized carbons (Fsp3) is 0.188. The number of hydrazone groups is 1. The van der Waals surface area contributed by atoms with Crippen molar-refractivity contribution in [2.45, 2.75) is 18.9 Å². The summed E-state index contributed by atoms with van der Waals surface area (Å²) in [6.07, 6.45) is 0. The molecule has 0 bridgehead atoms. The number of rotatable bonds is 8. The number of esters is 1. The number of nitrogens with zero attached hydrogens (tertiary/aromatic N) is 2.